The van der Waals surface area contributed by atoms with Gasteiger partial charge >= 0.3 is 0 Å². The average Bonchev–Trinajstić information content (AvgIpc) is 2.76. The van der Waals surface area contributed by atoms with Crippen LogP contribution in [0.1, 0.15) is 20.7 Å². The van der Waals surface area contributed by atoms with E-state index in [1.54, 1.807) is 24.3 Å². The summed E-state index contributed by atoms with van der Waals surface area (Å²) in [6, 6.07) is 14.1. The number of hydrazine groups is 1. The van der Waals surface area contributed by atoms with Crippen LogP contribution in [0.4, 0.5) is 0 Å². The third-order valence-electron chi connectivity index (χ3n) is 4.02. The molecule has 0 radical (unpaired) electrons. The zero-order valence-electron chi connectivity index (χ0n) is 15.7. The minimum Gasteiger partial charge on any atom is -0.496 e. The predicted octanol–water partition coefficient (Wildman–Crippen LogP) is 2.20. The van der Waals surface area contributed by atoms with Gasteiger partial charge in [-0.2, -0.15) is 0 Å². The number of pyridine rings is 1. The number of amides is 2. The van der Waals surface area contributed by atoms with E-state index in [1.165, 1.54) is 20.4 Å². The molecule has 2 aromatic carbocycles. The monoisotopic (exact) mass is 410 g/mol. The number of carbonyl (C=O) groups is 2. The summed E-state index contributed by atoms with van der Waals surface area (Å²) in [6.07, 6.45) is 1.46. The Bertz CT molecular complexity index is 1060. The van der Waals surface area contributed by atoms with Gasteiger partial charge in [-0.3, -0.25) is 30.7 Å². The van der Waals surface area contributed by atoms with Crippen LogP contribution in [-0.2, 0) is 0 Å². The number of nitrogens with one attached hydrogen (secondary N) is 3. The molecule has 0 bridgehead atoms. The van der Waals surface area contributed by atoms with Crippen molar-refractivity contribution in [2.24, 2.45) is 0 Å². The Morgan fingerprint density at radius 2 is 1.62 bits per heavy atom. The molecule has 0 aliphatic rings. The number of carbonyl (C=O) groups excluding carboxylic acids is 2. The van der Waals surface area contributed by atoms with Gasteiger partial charge in [0.2, 0.25) is 0 Å². The van der Waals surface area contributed by atoms with Crippen molar-refractivity contribution in [2.45, 2.75) is 0 Å². The highest BCUT2D eigenvalue weighted by Crippen LogP contribution is 2.27. The molecule has 3 aromatic rings. The van der Waals surface area contributed by atoms with Gasteiger partial charge in [-0.05, 0) is 36.5 Å². The minimum atomic E-state index is -0.543. The summed E-state index contributed by atoms with van der Waals surface area (Å²) in [5, 5.41) is 3.21. The van der Waals surface area contributed by atoms with Crippen LogP contribution in [0.2, 0.25) is 0 Å². The van der Waals surface area contributed by atoms with E-state index in [4.69, 9.17) is 21.7 Å². The molecule has 0 aliphatic carbocycles. The molecular weight excluding hydrogens is 392 g/mol. The van der Waals surface area contributed by atoms with Crippen molar-refractivity contribution < 1.29 is 19.1 Å². The van der Waals surface area contributed by atoms with Crippen LogP contribution in [0, 0.1) is 0 Å². The van der Waals surface area contributed by atoms with Gasteiger partial charge in [0.25, 0.3) is 11.8 Å². The van der Waals surface area contributed by atoms with E-state index in [9.17, 15) is 9.59 Å². The number of hydrogen-bond acceptors (Lipinski definition) is 6. The number of ether oxygens (including phenoxy) is 2. The molecule has 0 saturated heterocycles. The average molecular weight is 410 g/mol. The van der Waals surface area contributed by atoms with Crippen molar-refractivity contribution in [3.05, 3.63) is 65.9 Å². The third kappa shape index (κ3) is 4.58. The Morgan fingerprint density at radius 1 is 0.931 bits per heavy atom. The van der Waals surface area contributed by atoms with Gasteiger partial charge in [-0.15, -0.1) is 0 Å². The third-order valence-corrected chi connectivity index (χ3v) is 4.23. The first-order chi connectivity index (χ1) is 14.0. The number of methoxy groups -OCH3 is 2. The van der Waals surface area contributed by atoms with Crippen molar-refractivity contribution in [2.75, 3.05) is 14.2 Å². The largest absolute Gasteiger partial charge is 0.496 e. The van der Waals surface area contributed by atoms with E-state index in [2.05, 4.69) is 21.2 Å². The maximum absolute atomic E-state index is 12.6. The highest BCUT2D eigenvalue weighted by Gasteiger charge is 2.19. The number of aromatic nitrogens is 1. The van der Waals surface area contributed by atoms with Crippen LogP contribution in [0.5, 0.6) is 11.5 Å². The molecular formula is C20H18N4O4S. The molecule has 0 atom stereocenters. The lowest BCUT2D eigenvalue weighted by atomic mass is 10.1. The van der Waals surface area contributed by atoms with E-state index in [-0.39, 0.29) is 10.7 Å². The van der Waals surface area contributed by atoms with Crippen molar-refractivity contribution in [1.29, 1.82) is 0 Å². The van der Waals surface area contributed by atoms with Crippen LogP contribution in [0.15, 0.2) is 54.7 Å². The normalized spacial score (nSPS) is 10.1. The van der Waals surface area contributed by atoms with E-state index in [0.717, 1.165) is 10.9 Å². The Hall–Kier alpha value is -3.72. The van der Waals surface area contributed by atoms with Crippen LogP contribution in [0.3, 0.4) is 0 Å². The topological polar surface area (TPSA) is 102 Å². The summed E-state index contributed by atoms with van der Waals surface area (Å²) in [4.78, 5) is 29.1. The molecule has 2 amide bonds. The second kappa shape index (κ2) is 8.98. The van der Waals surface area contributed by atoms with Gasteiger partial charge < -0.3 is 9.47 Å². The number of fused-ring (bicyclic) bond motifs is 1. The van der Waals surface area contributed by atoms with Crippen LogP contribution in [-0.4, -0.2) is 36.1 Å². The van der Waals surface area contributed by atoms with Gasteiger partial charge in [0.15, 0.2) is 5.11 Å². The van der Waals surface area contributed by atoms with Crippen molar-refractivity contribution in [3.63, 3.8) is 0 Å². The number of hydrogen-bond donors (Lipinski definition) is 3. The van der Waals surface area contributed by atoms with Crippen LogP contribution in [0.25, 0.3) is 10.9 Å². The molecule has 3 rings (SSSR count). The zero-order valence-corrected chi connectivity index (χ0v) is 16.5. The number of para-hydroxylation sites is 1. The van der Waals surface area contributed by atoms with Crippen LogP contribution >= 0.6 is 12.2 Å². The second-order valence-corrected chi connectivity index (χ2v) is 6.22. The Kier molecular flexibility index (Phi) is 6.20. The molecule has 9 heteroatoms. The first kappa shape index (κ1) is 20.0. The number of benzene rings is 2. The maximum atomic E-state index is 12.6. The van der Waals surface area contributed by atoms with E-state index >= 15 is 0 Å². The summed E-state index contributed by atoms with van der Waals surface area (Å²) < 4.78 is 10.4. The highest BCUT2D eigenvalue weighted by molar-refractivity contribution is 7.80. The van der Waals surface area contributed by atoms with E-state index in [0.29, 0.717) is 17.1 Å². The van der Waals surface area contributed by atoms with Crippen LogP contribution < -0.4 is 25.6 Å². The van der Waals surface area contributed by atoms with Gasteiger partial charge in [0.05, 0.1) is 25.3 Å². The molecule has 0 aliphatic heterocycles. The number of thiocarbonyl (C=S) groups is 1. The predicted molar refractivity (Wildman–Crippen MR) is 112 cm³/mol. The van der Waals surface area contributed by atoms with Gasteiger partial charge in [0.1, 0.15) is 17.1 Å². The molecule has 1 heterocycles. The number of nitrogens with zero attached hydrogens (tertiary/aromatic N) is 1. The molecule has 3 N–H and O–H groups in total. The summed E-state index contributed by atoms with van der Waals surface area (Å²) in [5.41, 5.74) is 6.24. The molecule has 0 unspecified atom stereocenters. The highest BCUT2D eigenvalue weighted by atomic mass is 32.1. The first-order valence-electron chi connectivity index (χ1n) is 8.51. The fourth-order valence-corrected chi connectivity index (χ4v) is 2.80. The molecule has 8 nitrogen and oxygen atoms in total. The minimum absolute atomic E-state index is 0.0925. The fraction of sp³-hybridized carbons (Fsp3) is 0.100. The molecule has 0 spiro atoms. The fourth-order valence-electron chi connectivity index (χ4n) is 2.65. The second-order valence-electron chi connectivity index (χ2n) is 5.82. The number of rotatable bonds is 4. The lowest BCUT2D eigenvalue weighted by Gasteiger charge is -2.14. The molecule has 1 aromatic heterocycles. The zero-order chi connectivity index (χ0) is 20.8. The Balaban J connectivity index is 1.63. The smallest absolute Gasteiger partial charge is 0.271 e. The molecule has 148 valence electrons. The Labute approximate surface area is 172 Å². The van der Waals surface area contributed by atoms with E-state index in [1.807, 2.05) is 24.3 Å². The molecule has 29 heavy (non-hydrogen) atoms. The Morgan fingerprint density at radius 3 is 2.31 bits per heavy atom. The molecule has 0 fully saturated rings. The van der Waals surface area contributed by atoms with Gasteiger partial charge in [-0.1, -0.05) is 24.3 Å². The van der Waals surface area contributed by atoms with Crippen molar-refractivity contribution in [3.8, 4) is 11.5 Å². The van der Waals surface area contributed by atoms with Crippen molar-refractivity contribution in [1.82, 2.24) is 21.2 Å². The lowest BCUT2D eigenvalue weighted by molar-refractivity contribution is 0.0933. The quantitative estimate of drug-likeness (QED) is 0.448. The molecule has 0 saturated carbocycles. The van der Waals surface area contributed by atoms with Crippen molar-refractivity contribution >= 4 is 40.0 Å². The summed E-state index contributed by atoms with van der Waals surface area (Å²) in [7, 11) is 2.89. The SMILES string of the molecule is COc1cccc(OC)c1C(=O)NC(=S)NNC(=O)c1cnc2ccccc2c1. The summed E-state index contributed by atoms with van der Waals surface area (Å²) in [5.74, 6) is -0.333. The maximum Gasteiger partial charge on any atom is 0.271 e. The summed E-state index contributed by atoms with van der Waals surface area (Å²) >= 11 is 5.08. The van der Waals surface area contributed by atoms with E-state index < -0.39 is 11.8 Å². The first-order valence-corrected chi connectivity index (χ1v) is 8.91. The van der Waals surface area contributed by atoms with Gasteiger partial charge in [0, 0.05) is 11.6 Å². The van der Waals surface area contributed by atoms with Gasteiger partial charge in [-0.25, -0.2) is 0 Å². The standard InChI is InChI=1S/C20H18N4O4S/c1-27-15-8-5-9-16(28-2)17(15)19(26)22-20(29)24-23-18(25)13-10-12-6-3-4-7-14(12)21-11-13/h3-11H,1-2H3,(H,23,25)(H2,22,24,26,29). The lowest BCUT2D eigenvalue weighted by Crippen LogP contribution is -2.48. The summed E-state index contributed by atoms with van der Waals surface area (Å²) in [6.45, 7) is 0.